The third-order valence-electron chi connectivity index (χ3n) is 5.43. The van der Waals surface area contributed by atoms with Gasteiger partial charge in [-0.25, -0.2) is 4.39 Å². The Balaban J connectivity index is 1.80. The van der Waals surface area contributed by atoms with Crippen LogP contribution < -0.4 is 9.47 Å². The highest BCUT2D eigenvalue weighted by Crippen LogP contribution is 2.27. The van der Waals surface area contributed by atoms with Crippen LogP contribution in [0.1, 0.15) is 78.6 Å². The summed E-state index contributed by atoms with van der Waals surface area (Å²) >= 11 is 0. The van der Waals surface area contributed by atoms with Crippen molar-refractivity contribution in [2.75, 3.05) is 13.2 Å². The van der Waals surface area contributed by atoms with E-state index in [9.17, 15) is 9.18 Å². The molecule has 0 bridgehead atoms. The van der Waals surface area contributed by atoms with E-state index in [-0.39, 0.29) is 24.5 Å². The fourth-order valence-electron chi connectivity index (χ4n) is 3.46. The molecule has 0 aliphatic carbocycles. The maximum absolute atomic E-state index is 14.5. The summed E-state index contributed by atoms with van der Waals surface area (Å²) in [5.74, 6) is 0.436. The van der Waals surface area contributed by atoms with Crippen molar-refractivity contribution in [3.8, 4) is 22.6 Å². The van der Waals surface area contributed by atoms with Gasteiger partial charge in [-0.05, 0) is 55.2 Å². The molecule has 2 rings (SSSR count). The number of carbonyl (C=O) groups excluding carboxylic acids is 1. The van der Waals surface area contributed by atoms with Crippen LogP contribution in [0.15, 0.2) is 42.5 Å². The number of carbonyl (C=O) groups is 1. The van der Waals surface area contributed by atoms with Gasteiger partial charge in [-0.15, -0.1) is 0 Å². The predicted octanol–water partition coefficient (Wildman–Crippen LogP) is 7.73. The van der Waals surface area contributed by atoms with Crippen LogP contribution in [-0.4, -0.2) is 25.3 Å². The molecule has 0 saturated heterocycles. The first-order valence-corrected chi connectivity index (χ1v) is 12.4. The van der Waals surface area contributed by atoms with Crippen LogP contribution in [0.3, 0.4) is 0 Å². The molecule has 0 heterocycles. The molecule has 33 heavy (non-hydrogen) atoms. The smallest absolute Gasteiger partial charge is 0.305 e. The van der Waals surface area contributed by atoms with Crippen molar-refractivity contribution in [1.29, 1.82) is 0 Å². The summed E-state index contributed by atoms with van der Waals surface area (Å²) in [5, 5.41) is 0. The number of hydrogen-bond acceptors (Lipinski definition) is 4. The highest BCUT2D eigenvalue weighted by atomic mass is 19.1. The lowest BCUT2D eigenvalue weighted by molar-refractivity contribution is -0.145. The van der Waals surface area contributed by atoms with Crippen molar-refractivity contribution in [3.05, 3.63) is 48.3 Å². The number of benzene rings is 2. The molecule has 0 radical (unpaired) electrons. The van der Waals surface area contributed by atoms with E-state index in [1.165, 1.54) is 31.7 Å². The van der Waals surface area contributed by atoms with E-state index < -0.39 is 0 Å². The van der Waals surface area contributed by atoms with E-state index in [2.05, 4.69) is 6.92 Å². The van der Waals surface area contributed by atoms with E-state index in [0.29, 0.717) is 24.5 Å². The predicted molar refractivity (Wildman–Crippen MR) is 131 cm³/mol. The number of rotatable bonds is 16. The molecule has 0 aromatic heterocycles. The van der Waals surface area contributed by atoms with Crippen LogP contribution >= 0.6 is 0 Å². The topological polar surface area (TPSA) is 44.8 Å². The van der Waals surface area contributed by atoms with Gasteiger partial charge in [-0.2, -0.15) is 0 Å². The Morgan fingerprint density at radius 3 is 2.24 bits per heavy atom. The summed E-state index contributed by atoms with van der Waals surface area (Å²) in [4.78, 5) is 11.6. The van der Waals surface area contributed by atoms with Gasteiger partial charge in [-0.1, -0.05) is 70.6 Å². The summed E-state index contributed by atoms with van der Waals surface area (Å²) in [6.45, 7) is 6.86. The minimum atomic E-state index is -0.350. The molecule has 0 amide bonds. The Hall–Kier alpha value is -2.56. The molecule has 182 valence electrons. The Bertz CT molecular complexity index is 819. The lowest BCUT2D eigenvalue weighted by Crippen LogP contribution is -2.21. The second kappa shape index (κ2) is 15.3. The molecule has 5 heteroatoms. The van der Waals surface area contributed by atoms with Crippen LogP contribution in [0.5, 0.6) is 11.5 Å². The molecule has 2 aromatic rings. The van der Waals surface area contributed by atoms with Gasteiger partial charge in [0, 0.05) is 6.42 Å². The highest BCUT2D eigenvalue weighted by molar-refractivity contribution is 5.69. The molecule has 0 N–H and O–H groups in total. The van der Waals surface area contributed by atoms with Crippen LogP contribution in [-0.2, 0) is 9.53 Å². The van der Waals surface area contributed by atoms with Crippen LogP contribution in [0, 0.1) is 5.82 Å². The van der Waals surface area contributed by atoms with Crippen LogP contribution in [0.25, 0.3) is 11.1 Å². The van der Waals surface area contributed by atoms with Gasteiger partial charge >= 0.3 is 5.97 Å². The van der Waals surface area contributed by atoms with Gasteiger partial charge in [0.2, 0.25) is 0 Å². The van der Waals surface area contributed by atoms with E-state index in [0.717, 1.165) is 36.8 Å². The number of unbranched alkanes of at least 4 members (excludes halogenated alkanes) is 6. The van der Waals surface area contributed by atoms with Crippen molar-refractivity contribution < 1.29 is 23.4 Å². The van der Waals surface area contributed by atoms with Crippen LogP contribution in [0.2, 0.25) is 0 Å². The molecule has 0 saturated carbocycles. The molecular formula is C28H39FO4. The van der Waals surface area contributed by atoms with Gasteiger partial charge in [-0.3, -0.25) is 4.79 Å². The van der Waals surface area contributed by atoms with Gasteiger partial charge in [0.1, 0.15) is 18.5 Å². The first kappa shape index (κ1) is 26.7. The molecule has 0 fully saturated rings. The maximum Gasteiger partial charge on any atom is 0.305 e. The Kier molecular flexibility index (Phi) is 12.4. The van der Waals surface area contributed by atoms with Gasteiger partial charge in [0.05, 0.1) is 6.61 Å². The molecule has 1 unspecified atom stereocenters. The normalized spacial score (nSPS) is 11.8. The van der Waals surface area contributed by atoms with Crippen molar-refractivity contribution in [1.82, 2.24) is 0 Å². The molecule has 2 aromatic carbocycles. The largest absolute Gasteiger partial charge is 0.491 e. The summed E-state index contributed by atoms with van der Waals surface area (Å²) in [5.41, 5.74) is 1.67. The van der Waals surface area contributed by atoms with Gasteiger partial charge < -0.3 is 14.2 Å². The van der Waals surface area contributed by atoms with Crippen LogP contribution in [0.4, 0.5) is 4.39 Å². The van der Waals surface area contributed by atoms with Crippen molar-refractivity contribution >= 4 is 5.97 Å². The Morgan fingerprint density at radius 2 is 1.55 bits per heavy atom. The van der Waals surface area contributed by atoms with Crippen molar-refractivity contribution in [2.45, 2.75) is 84.7 Å². The molecular weight excluding hydrogens is 419 g/mol. The summed E-state index contributed by atoms with van der Waals surface area (Å²) in [7, 11) is 0. The average molecular weight is 459 g/mol. The standard InChI is InChI=1S/C28H39FO4/c1-4-6-8-9-10-11-19-31-27-18-15-24(20-26(27)29)23-13-16-25(17-14-23)33-22(3)21-32-28(30)12-7-5-2/h13-18,20,22H,4-12,19,21H2,1-3H3. The number of halogens is 1. The minimum absolute atomic E-state index is 0.191. The first-order valence-electron chi connectivity index (χ1n) is 12.4. The number of esters is 1. The van der Waals surface area contributed by atoms with E-state index in [1.54, 1.807) is 6.07 Å². The Labute approximate surface area is 198 Å². The second-order valence-electron chi connectivity index (χ2n) is 8.50. The highest BCUT2D eigenvalue weighted by Gasteiger charge is 2.10. The zero-order chi connectivity index (χ0) is 23.9. The average Bonchev–Trinajstić information content (AvgIpc) is 2.82. The second-order valence-corrected chi connectivity index (χ2v) is 8.50. The summed E-state index contributed by atoms with van der Waals surface area (Å²) in [6.07, 6.45) is 9.04. The molecule has 0 aliphatic heterocycles. The zero-order valence-corrected chi connectivity index (χ0v) is 20.4. The molecule has 4 nitrogen and oxygen atoms in total. The lowest BCUT2D eigenvalue weighted by Gasteiger charge is -2.15. The van der Waals surface area contributed by atoms with Crippen molar-refractivity contribution in [3.63, 3.8) is 0 Å². The van der Waals surface area contributed by atoms with E-state index >= 15 is 0 Å². The zero-order valence-electron chi connectivity index (χ0n) is 20.4. The minimum Gasteiger partial charge on any atom is -0.491 e. The summed E-state index contributed by atoms with van der Waals surface area (Å²) < 4.78 is 31.2. The number of ether oxygens (including phenoxy) is 3. The fourth-order valence-corrected chi connectivity index (χ4v) is 3.46. The molecule has 0 spiro atoms. The third kappa shape index (κ3) is 10.3. The SMILES string of the molecule is CCCCCCCCOc1ccc(-c2ccc(OC(C)COC(=O)CCCC)cc2)cc1F. The van der Waals surface area contributed by atoms with E-state index in [1.807, 2.05) is 44.2 Å². The first-order chi connectivity index (χ1) is 16.0. The third-order valence-corrected chi connectivity index (χ3v) is 5.43. The van der Waals surface area contributed by atoms with E-state index in [4.69, 9.17) is 14.2 Å². The summed E-state index contributed by atoms with van der Waals surface area (Å²) in [6, 6.07) is 12.5. The lowest BCUT2D eigenvalue weighted by atomic mass is 10.1. The fraction of sp³-hybridized carbons (Fsp3) is 0.536. The Morgan fingerprint density at radius 1 is 0.879 bits per heavy atom. The maximum atomic E-state index is 14.5. The van der Waals surface area contributed by atoms with Gasteiger partial charge in [0.15, 0.2) is 11.6 Å². The molecule has 0 aliphatic rings. The quantitative estimate of drug-likeness (QED) is 0.191. The van der Waals surface area contributed by atoms with Crippen molar-refractivity contribution in [2.24, 2.45) is 0 Å². The molecule has 1 atom stereocenters. The monoisotopic (exact) mass is 458 g/mol. The van der Waals surface area contributed by atoms with Gasteiger partial charge in [0.25, 0.3) is 0 Å². The number of hydrogen-bond donors (Lipinski definition) is 0.